The first-order chi connectivity index (χ1) is 8.78. The Balaban J connectivity index is 1.70. The lowest BCUT2D eigenvalue weighted by atomic mass is 9.95. The second-order valence-electron chi connectivity index (χ2n) is 5.24. The van der Waals surface area contributed by atoms with Crippen molar-refractivity contribution in [2.75, 3.05) is 20.3 Å². The fourth-order valence-electron chi connectivity index (χ4n) is 3.19. The number of piperidine rings is 1. The number of aryl methyl sites for hydroxylation is 1. The van der Waals surface area contributed by atoms with E-state index >= 15 is 0 Å². The van der Waals surface area contributed by atoms with Gasteiger partial charge in [-0.1, -0.05) is 0 Å². The van der Waals surface area contributed by atoms with Gasteiger partial charge in [0.2, 0.25) is 0 Å². The van der Waals surface area contributed by atoms with Crippen LogP contribution < -0.4 is 0 Å². The maximum Gasteiger partial charge on any atom is 0.118 e. The van der Waals surface area contributed by atoms with E-state index in [1.165, 1.54) is 0 Å². The van der Waals surface area contributed by atoms with Crippen LogP contribution in [0.3, 0.4) is 0 Å². The third-order valence-corrected chi connectivity index (χ3v) is 4.10. The largest absolute Gasteiger partial charge is 0.465 e. The van der Waals surface area contributed by atoms with Gasteiger partial charge in [-0.25, -0.2) is 0 Å². The number of ether oxygens (including phenoxy) is 2. The van der Waals surface area contributed by atoms with Crippen LogP contribution in [-0.2, 0) is 16.0 Å². The van der Waals surface area contributed by atoms with Gasteiger partial charge in [0.1, 0.15) is 11.5 Å². The van der Waals surface area contributed by atoms with E-state index in [2.05, 4.69) is 11.0 Å². The van der Waals surface area contributed by atoms with Crippen LogP contribution in [-0.4, -0.2) is 43.4 Å². The maximum atomic E-state index is 5.84. The van der Waals surface area contributed by atoms with Gasteiger partial charge in [-0.05, 0) is 31.9 Å². The van der Waals surface area contributed by atoms with Gasteiger partial charge in [0.15, 0.2) is 0 Å². The number of fused-ring (bicyclic) bond motifs is 1. The summed E-state index contributed by atoms with van der Waals surface area (Å²) >= 11 is 0. The van der Waals surface area contributed by atoms with Crippen LogP contribution in [0.25, 0.3) is 0 Å². The van der Waals surface area contributed by atoms with E-state index in [1.807, 2.05) is 13.0 Å². The molecule has 1 aromatic heterocycles. The average Bonchev–Trinajstić information content (AvgIpc) is 2.99. The average molecular weight is 251 g/mol. The standard InChI is InChI=1S/C14H21NO3/c1-10-3-4-11(18-10)9-15-7-5-13(16-2)14-12(15)6-8-17-14/h3-4,12-14H,5-9H2,1-2H3/t12-,13-,14-/m1/s1. The van der Waals surface area contributed by atoms with Crippen molar-refractivity contribution >= 4 is 0 Å². The van der Waals surface area contributed by atoms with Crippen molar-refractivity contribution < 1.29 is 13.9 Å². The van der Waals surface area contributed by atoms with E-state index in [4.69, 9.17) is 13.9 Å². The monoisotopic (exact) mass is 251 g/mol. The summed E-state index contributed by atoms with van der Waals surface area (Å²) in [7, 11) is 1.79. The molecule has 0 spiro atoms. The van der Waals surface area contributed by atoms with Gasteiger partial charge >= 0.3 is 0 Å². The minimum atomic E-state index is 0.236. The molecule has 1 aromatic rings. The van der Waals surface area contributed by atoms with Gasteiger partial charge in [0, 0.05) is 26.3 Å². The first-order valence-corrected chi connectivity index (χ1v) is 6.71. The summed E-state index contributed by atoms with van der Waals surface area (Å²) in [6, 6.07) is 4.58. The molecule has 2 aliphatic rings. The lowest BCUT2D eigenvalue weighted by Crippen LogP contribution is -2.52. The number of likely N-dealkylation sites (tertiary alicyclic amines) is 1. The molecule has 3 rings (SSSR count). The van der Waals surface area contributed by atoms with Gasteiger partial charge in [-0.15, -0.1) is 0 Å². The molecule has 4 nitrogen and oxygen atoms in total. The molecule has 0 N–H and O–H groups in total. The molecule has 18 heavy (non-hydrogen) atoms. The highest BCUT2D eigenvalue weighted by Crippen LogP contribution is 2.31. The fraction of sp³-hybridized carbons (Fsp3) is 0.714. The Hall–Kier alpha value is -0.840. The van der Waals surface area contributed by atoms with Gasteiger partial charge in [0.05, 0.1) is 18.8 Å². The van der Waals surface area contributed by atoms with Crippen LogP contribution >= 0.6 is 0 Å². The van der Waals surface area contributed by atoms with Gasteiger partial charge in [-0.3, -0.25) is 4.90 Å². The summed E-state index contributed by atoms with van der Waals surface area (Å²) < 4.78 is 17.0. The highest BCUT2D eigenvalue weighted by Gasteiger charge is 2.42. The highest BCUT2D eigenvalue weighted by atomic mass is 16.5. The van der Waals surface area contributed by atoms with Crippen LogP contribution in [0.1, 0.15) is 24.4 Å². The highest BCUT2D eigenvalue weighted by molar-refractivity contribution is 5.06. The first-order valence-electron chi connectivity index (χ1n) is 6.71. The molecule has 2 saturated heterocycles. The van der Waals surface area contributed by atoms with Crippen LogP contribution in [0, 0.1) is 6.92 Å². The molecule has 4 heteroatoms. The van der Waals surface area contributed by atoms with Gasteiger partial charge in [0.25, 0.3) is 0 Å². The van der Waals surface area contributed by atoms with E-state index in [9.17, 15) is 0 Å². The molecule has 2 aliphatic heterocycles. The third kappa shape index (κ3) is 2.20. The second-order valence-corrected chi connectivity index (χ2v) is 5.24. The SMILES string of the molecule is CO[C@@H]1CCN(Cc2ccc(C)o2)[C@@H]2CCO[C@H]21. The van der Waals surface area contributed by atoms with Crippen molar-refractivity contribution in [3.8, 4) is 0 Å². The van der Waals surface area contributed by atoms with Crippen LogP contribution in [0.4, 0.5) is 0 Å². The second kappa shape index (κ2) is 5.03. The summed E-state index contributed by atoms with van der Waals surface area (Å²) in [6.45, 7) is 4.78. The lowest BCUT2D eigenvalue weighted by molar-refractivity contribution is -0.0854. The van der Waals surface area contributed by atoms with E-state index in [1.54, 1.807) is 7.11 Å². The summed E-state index contributed by atoms with van der Waals surface area (Å²) in [5.41, 5.74) is 0. The van der Waals surface area contributed by atoms with E-state index in [0.29, 0.717) is 6.04 Å². The minimum Gasteiger partial charge on any atom is -0.465 e. The predicted molar refractivity (Wildman–Crippen MR) is 67.4 cm³/mol. The molecule has 0 bridgehead atoms. The molecule has 100 valence electrons. The van der Waals surface area contributed by atoms with E-state index in [0.717, 1.165) is 44.1 Å². The maximum absolute atomic E-state index is 5.84. The Morgan fingerprint density at radius 1 is 1.39 bits per heavy atom. The Kier molecular flexibility index (Phi) is 3.41. The third-order valence-electron chi connectivity index (χ3n) is 4.10. The molecule has 2 fully saturated rings. The van der Waals surface area contributed by atoms with Crippen molar-refractivity contribution in [3.05, 3.63) is 23.7 Å². The van der Waals surface area contributed by atoms with Gasteiger partial charge < -0.3 is 13.9 Å². The zero-order chi connectivity index (χ0) is 12.5. The Morgan fingerprint density at radius 2 is 2.28 bits per heavy atom. The summed E-state index contributed by atoms with van der Waals surface area (Å²) in [5.74, 6) is 2.03. The summed E-state index contributed by atoms with van der Waals surface area (Å²) in [5, 5.41) is 0. The quantitative estimate of drug-likeness (QED) is 0.822. The fourth-order valence-corrected chi connectivity index (χ4v) is 3.19. The Labute approximate surface area is 108 Å². The van der Waals surface area contributed by atoms with Gasteiger partial charge in [-0.2, -0.15) is 0 Å². The summed E-state index contributed by atoms with van der Waals surface area (Å²) in [4.78, 5) is 2.48. The molecule has 3 heterocycles. The van der Waals surface area contributed by atoms with Crippen molar-refractivity contribution in [1.29, 1.82) is 0 Å². The van der Waals surface area contributed by atoms with Crippen LogP contribution in [0.5, 0.6) is 0 Å². The lowest BCUT2D eigenvalue weighted by Gasteiger charge is -2.40. The van der Waals surface area contributed by atoms with Crippen LogP contribution in [0.2, 0.25) is 0 Å². The van der Waals surface area contributed by atoms with Crippen molar-refractivity contribution in [3.63, 3.8) is 0 Å². The smallest absolute Gasteiger partial charge is 0.118 e. The molecular weight excluding hydrogens is 230 g/mol. The Bertz CT molecular complexity index is 403. The topological polar surface area (TPSA) is 34.8 Å². The number of hydrogen-bond donors (Lipinski definition) is 0. The molecular formula is C14H21NO3. The number of furan rings is 1. The van der Waals surface area contributed by atoms with Crippen LogP contribution in [0.15, 0.2) is 16.5 Å². The van der Waals surface area contributed by atoms with E-state index < -0.39 is 0 Å². The van der Waals surface area contributed by atoms with E-state index in [-0.39, 0.29) is 12.2 Å². The first kappa shape index (κ1) is 12.2. The normalized spacial score (nSPS) is 32.7. The molecule has 0 amide bonds. The molecule has 0 unspecified atom stereocenters. The van der Waals surface area contributed by atoms with Crippen molar-refractivity contribution in [1.82, 2.24) is 4.90 Å². The summed E-state index contributed by atoms with van der Waals surface area (Å²) in [6.07, 6.45) is 2.63. The zero-order valence-corrected chi connectivity index (χ0v) is 11.1. The number of hydrogen-bond acceptors (Lipinski definition) is 4. The van der Waals surface area contributed by atoms with Crippen molar-refractivity contribution in [2.45, 2.75) is 44.6 Å². The molecule has 0 radical (unpaired) electrons. The van der Waals surface area contributed by atoms with Crippen molar-refractivity contribution in [2.24, 2.45) is 0 Å². The molecule has 0 aliphatic carbocycles. The molecule has 0 aromatic carbocycles. The number of rotatable bonds is 3. The minimum absolute atomic E-state index is 0.236. The Morgan fingerprint density at radius 3 is 3.00 bits per heavy atom. The molecule has 3 atom stereocenters. The predicted octanol–water partition coefficient (Wildman–Crippen LogP) is 1.97. The zero-order valence-electron chi connectivity index (χ0n) is 11.1. The number of methoxy groups -OCH3 is 1. The number of nitrogens with zero attached hydrogens (tertiary/aromatic N) is 1. The molecule has 0 saturated carbocycles.